The van der Waals surface area contributed by atoms with Crippen LogP contribution in [0.3, 0.4) is 0 Å². The third-order valence-electron chi connectivity index (χ3n) is 2.01. The number of carbonyl (C=O) groups is 1. The van der Waals surface area contributed by atoms with Crippen molar-refractivity contribution in [3.05, 3.63) is 58.5 Å². The predicted octanol–water partition coefficient (Wildman–Crippen LogP) is 2.81. The van der Waals surface area contributed by atoms with Crippen LogP contribution in [0.4, 0.5) is 0 Å². The molecule has 0 fully saturated rings. The van der Waals surface area contributed by atoms with Gasteiger partial charge in [-0.2, -0.15) is 5.10 Å². The second kappa shape index (κ2) is 5.45. The highest BCUT2D eigenvalue weighted by Gasteiger charge is 2.02. The summed E-state index contributed by atoms with van der Waals surface area (Å²) in [5.74, 6) is 0.321. The minimum atomic E-state index is -0.264. The maximum absolute atomic E-state index is 11.6. The number of hydrogen-bond donors (Lipinski definition) is 1. The molecule has 2 aromatic rings. The van der Waals surface area contributed by atoms with Crippen LogP contribution in [0.2, 0.25) is 0 Å². The van der Waals surface area contributed by atoms with E-state index in [1.807, 2.05) is 0 Å². The van der Waals surface area contributed by atoms with Crippen LogP contribution in [-0.2, 0) is 0 Å². The molecule has 5 heteroatoms. The molecule has 1 aromatic heterocycles. The second-order valence-corrected chi connectivity index (χ2v) is 4.14. The number of nitrogens with one attached hydrogen (secondary N) is 1. The highest BCUT2D eigenvalue weighted by Crippen LogP contribution is 2.10. The molecule has 0 saturated carbocycles. The Bertz CT molecular complexity index is 518. The van der Waals surface area contributed by atoms with Crippen LogP contribution in [0.15, 0.2) is 56.7 Å². The lowest BCUT2D eigenvalue weighted by Gasteiger charge is -1.98. The summed E-state index contributed by atoms with van der Waals surface area (Å²) < 4.78 is 5.95. The van der Waals surface area contributed by atoms with E-state index in [2.05, 4.69) is 26.5 Å². The number of amides is 1. The Morgan fingerprint density at radius 1 is 1.29 bits per heavy atom. The Kier molecular flexibility index (Phi) is 3.72. The third-order valence-corrected chi connectivity index (χ3v) is 2.54. The summed E-state index contributed by atoms with van der Waals surface area (Å²) >= 11 is 3.30. The van der Waals surface area contributed by atoms with Gasteiger partial charge in [0.15, 0.2) is 0 Å². The molecule has 0 aliphatic carbocycles. The molecule has 0 aliphatic heterocycles. The molecular formula is C12H9BrN2O2. The lowest BCUT2D eigenvalue weighted by molar-refractivity contribution is 0.0955. The summed E-state index contributed by atoms with van der Waals surface area (Å²) in [4.78, 5) is 11.6. The molecule has 1 heterocycles. The Labute approximate surface area is 106 Å². The number of furan rings is 1. The minimum absolute atomic E-state index is 0.264. The quantitative estimate of drug-likeness (QED) is 0.699. The average Bonchev–Trinajstić information content (AvgIpc) is 2.83. The highest BCUT2D eigenvalue weighted by atomic mass is 79.9. The first-order chi connectivity index (χ1) is 8.25. The topological polar surface area (TPSA) is 54.6 Å². The molecular weight excluding hydrogens is 284 g/mol. The molecule has 0 aliphatic rings. The van der Waals surface area contributed by atoms with Crippen molar-refractivity contribution in [2.24, 2.45) is 5.10 Å². The van der Waals surface area contributed by atoms with Crippen molar-refractivity contribution in [1.29, 1.82) is 0 Å². The number of nitrogens with zero attached hydrogens (tertiary/aromatic N) is 1. The number of halogens is 1. The summed E-state index contributed by atoms with van der Waals surface area (Å²) in [5.41, 5.74) is 2.96. The third kappa shape index (κ3) is 3.29. The van der Waals surface area contributed by atoms with Gasteiger partial charge in [0.05, 0.1) is 12.5 Å². The molecule has 0 bridgehead atoms. The normalized spacial score (nSPS) is 10.6. The van der Waals surface area contributed by atoms with E-state index in [1.165, 1.54) is 12.5 Å². The molecule has 17 heavy (non-hydrogen) atoms. The van der Waals surface area contributed by atoms with Gasteiger partial charge in [-0.1, -0.05) is 15.9 Å². The van der Waals surface area contributed by atoms with Gasteiger partial charge in [0, 0.05) is 10.0 Å². The van der Waals surface area contributed by atoms with Crippen molar-refractivity contribution < 1.29 is 9.21 Å². The summed E-state index contributed by atoms with van der Waals surface area (Å²) in [5, 5.41) is 3.78. The number of rotatable bonds is 3. The number of benzene rings is 1. The van der Waals surface area contributed by atoms with Crippen molar-refractivity contribution in [3.63, 3.8) is 0 Å². The van der Waals surface area contributed by atoms with Gasteiger partial charge in [-0.3, -0.25) is 4.79 Å². The molecule has 1 aromatic carbocycles. The number of carbonyl (C=O) groups excluding carboxylic acids is 1. The molecule has 1 amide bonds. The van der Waals surface area contributed by atoms with Crippen LogP contribution < -0.4 is 5.43 Å². The van der Waals surface area contributed by atoms with E-state index in [4.69, 9.17) is 4.42 Å². The lowest BCUT2D eigenvalue weighted by atomic mass is 10.2. The van der Waals surface area contributed by atoms with Gasteiger partial charge >= 0.3 is 0 Å². The molecule has 0 unspecified atom stereocenters. The zero-order valence-corrected chi connectivity index (χ0v) is 10.3. The lowest BCUT2D eigenvalue weighted by Crippen LogP contribution is -2.17. The fourth-order valence-electron chi connectivity index (χ4n) is 1.19. The van der Waals surface area contributed by atoms with E-state index in [1.54, 1.807) is 36.4 Å². The smallest absolute Gasteiger partial charge is 0.271 e. The fraction of sp³-hybridized carbons (Fsp3) is 0. The van der Waals surface area contributed by atoms with Crippen molar-refractivity contribution in [3.8, 4) is 0 Å². The minimum Gasteiger partial charge on any atom is -0.463 e. The molecule has 0 saturated heterocycles. The molecule has 0 radical (unpaired) electrons. The molecule has 4 nitrogen and oxygen atoms in total. The number of hydrazone groups is 1. The van der Waals surface area contributed by atoms with Crippen molar-refractivity contribution in [1.82, 2.24) is 5.43 Å². The molecule has 86 valence electrons. The zero-order valence-electron chi connectivity index (χ0n) is 8.76. The monoisotopic (exact) mass is 292 g/mol. The molecule has 0 atom stereocenters. The van der Waals surface area contributed by atoms with Gasteiger partial charge in [0.2, 0.25) is 0 Å². The van der Waals surface area contributed by atoms with Crippen molar-refractivity contribution >= 4 is 28.1 Å². The van der Waals surface area contributed by atoms with E-state index >= 15 is 0 Å². The summed E-state index contributed by atoms with van der Waals surface area (Å²) in [6, 6.07) is 10.5. The van der Waals surface area contributed by atoms with Crippen LogP contribution in [0.5, 0.6) is 0 Å². The highest BCUT2D eigenvalue weighted by molar-refractivity contribution is 9.10. The van der Waals surface area contributed by atoms with Gasteiger partial charge in [-0.25, -0.2) is 5.43 Å². The standard InChI is InChI=1S/C12H9BrN2O2/c13-10-5-3-9(4-6-10)12(16)15-14-8-11-2-1-7-17-11/h1-8H,(H,15,16)/b14-8-. The van der Waals surface area contributed by atoms with Gasteiger partial charge in [0.1, 0.15) is 5.76 Å². The van der Waals surface area contributed by atoms with E-state index in [9.17, 15) is 4.79 Å². The van der Waals surface area contributed by atoms with Crippen LogP contribution >= 0.6 is 15.9 Å². The maximum atomic E-state index is 11.6. The Balaban J connectivity index is 1.96. The van der Waals surface area contributed by atoms with E-state index in [0.29, 0.717) is 11.3 Å². The maximum Gasteiger partial charge on any atom is 0.271 e. The Morgan fingerprint density at radius 3 is 2.71 bits per heavy atom. The van der Waals surface area contributed by atoms with Gasteiger partial charge in [0.25, 0.3) is 5.91 Å². The van der Waals surface area contributed by atoms with Crippen molar-refractivity contribution in [2.75, 3.05) is 0 Å². The van der Waals surface area contributed by atoms with Crippen LogP contribution in [-0.4, -0.2) is 12.1 Å². The van der Waals surface area contributed by atoms with E-state index in [-0.39, 0.29) is 5.91 Å². The fourth-order valence-corrected chi connectivity index (χ4v) is 1.45. The summed E-state index contributed by atoms with van der Waals surface area (Å²) in [6.45, 7) is 0. The largest absolute Gasteiger partial charge is 0.463 e. The first kappa shape index (κ1) is 11.6. The SMILES string of the molecule is O=C(N/N=C\c1ccco1)c1ccc(Br)cc1. The van der Waals surface area contributed by atoms with Crippen LogP contribution in [0.1, 0.15) is 16.1 Å². The second-order valence-electron chi connectivity index (χ2n) is 3.22. The van der Waals surface area contributed by atoms with E-state index in [0.717, 1.165) is 4.47 Å². The van der Waals surface area contributed by atoms with Gasteiger partial charge < -0.3 is 4.42 Å². The number of hydrogen-bond acceptors (Lipinski definition) is 3. The molecule has 0 spiro atoms. The molecule has 2 rings (SSSR count). The summed E-state index contributed by atoms with van der Waals surface area (Å²) in [6.07, 6.45) is 2.98. The predicted molar refractivity (Wildman–Crippen MR) is 67.9 cm³/mol. The average molecular weight is 293 g/mol. The van der Waals surface area contributed by atoms with Gasteiger partial charge in [-0.15, -0.1) is 0 Å². The Hall–Kier alpha value is -1.88. The first-order valence-corrected chi connectivity index (χ1v) is 5.67. The molecule has 1 N–H and O–H groups in total. The Morgan fingerprint density at radius 2 is 2.06 bits per heavy atom. The zero-order chi connectivity index (χ0) is 12.1. The van der Waals surface area contributed by atoms with Crippen LogP contribution in [0, 0.1) is 0 Å². The van der Waals surface area contributed by atoms with E-state index < -0.39 is 0 Å². The first-order valence-electron chi connectivity index (χ1n) is 4.88. The summed E-state index contributed by atoms with van der Waals surface area (Å²) in [7, 11) is 0. The van der Waals surface area contributed by atoms with Gasteiger partial charge in [-0.05, 0) is 36.4 Å². The van der Waals surface area contributed by atoms with Crippen LogP contribution in [0.25, 0.3) is 0 Å². The van der Waals surface area contributed by atoms with Crippen molar-refractivity contribution in [2.45, 2.75) is 0 Å².